The molecule has 45 heavy (non-hydrogen) atoms. The minimum atomic E-state index is -9.63. The number of hydrogen-bond donors (Lipinski definition) is 1. The summed E-state index contributed by atoms with van der Waals surface area (Å²) in [5.41, 5.74) is -1.07. The molecule has 0 radical (unpaired) electrons. The quantitative estimate of drug-likeness (QED) is 0.143. The lowest BCUT2D eigenvalue weighted by Gasteiger charge is -2.45. The maximum Gasteiger partial charge on any atom is 0.460 e. The van der Waals surface area contributed by atoms with Crippen LogP contribution < -0.4 is 0 Å². The zero-order valence-corrected chi connectivity index (χ0v) is 20.3. The molecule has 0 bridgehead atoms. The Morgan fingerprint density at radius 1 is 0.444 bits per heavy atom. The maximum absolute atomic E-state index is 13.8. The van der Waals surface area contributed by atoms with Gasteiger partial charge in [0, 0.05) is 12.0 Å². The Morgan fingerprint density at radius 3 is 0.889 bits per heavy atom. The molecule has 0 aliphatic carbocycles. The van der Waals surface area contributed by atoms with Crippen LogP contribution in [0.1, 0.15) is 19.8 Å². The number of halogens is 25. The Bertz CT molecular complexity index is 1130. The molecule has 1 N–H and O–H groups in total. The predicted molar refractivity (Wildman–Crippen MR) is 91.1 cm³/mol. The summed E-state index contributed by atoms with van der Waals surface area (Å²) < 4.78 is 334. The van der Waals surface area contributed by atoms with E-state index in [0.717, 1.165) is 0 Å². The third-order valence-corrected chi connectivity index (χ3v) is 5.61. The van der Waals surface area contributed by atoms with Crippen molar-refractivity contribution in [2.24, 2.45) is 0 Å². The normalized spacial score (nSPS) is 16.7. The van der Waals surface area contributed by atoms with Crippen LogP contribution in [0.2, 0.25) is 0 Å². The van der Waals surface area contributed by atoms with E-state index < -0.39 is 95.7 Å². The molecule has 2 nitrogen and oxygen atoms in total. The first-order chi connectivity index (χ1) is 19.1. The number of rotatable bonds is 14. The topological polar surface area (TPSA) is 37.3 Å². The fourth-order valence-corrected chi connectivity index (χ4v) is 2.70. The van der Waals surface area contributed by atoms with Gasteiger partial charge in [0.15, 0.2) is 0 Å². The van der Waals surface area contributed by atoms with Gasteiger partial charge in [-0.25, -0.2) is 4.79 Å². The number of carboxylic acids is 1. The second-order valence-corrected chi connectivity index (χ2v) is 8.68. The second kappa shape index (κ2) is 11.0. The van der Waals surface area contributed by atoms with Crippen molar-refractivity contribution in [1.82, 2.24) is 0 Å². The van der Waals surface area contributed by atoms with E-state index in [9.17, 15) is 115 Å². The molecule has 27 heteroatoms. The molecule has 0 spiro atoms. The van der Waals surface area contributed by atoms with E-state index >= 15 is 0 Å². The Balaban J connectivity index is 7.18. The third kappa shape index (κ3) is 5.59. The van der Waals surface area contributed by atoms with Gasteiger partial charge in [-0.2, -0.15) is 110 Å². The minimum absolute atomic E-state index is 0.0493. The lowest BCUT2D eigenvalue weighted by Crippen LogP contribution is -2.78. The first-order valence-corrected chi connectivity index (χ1v) is 10.2. The SMILES string of the molecule is CC(=CCCC(F)(F)C(F)(F)C(F)(F)C(F)(F)C(F)(F)C(F)(F)C(F)(F)C(F)(F)C(F)(F)C(F)(F)C(F)(F)C(F)(F)F)C(=O)O. The highest BCUT2D eigenvalue weighted by molar-refractivity contribution is 5.85. The van der Waals surface area contributed by atoms with Crippen LogP contribution in [0.3, 0.4) is 0 Å². The Hall–Kier alpha value is -2.54. The van der Waals surface area contributed by atoms with Crippen LogP contribution in [0.25, 0.3) is 0 Å². The molecule has 0 amide bonds. The van der Waals surface area contributed by atoms with Crippen molar-refractivity contribution in [2.75, 3.05) is 0 Å². The van der Waals surface area contributed by atoms with Gasteiger partial charge < -0.3 is 5.11 Å². The van der Waals surface area contributed by atoms with Crippen LogP contribution in [-0.4, -0.2) is 82.4 Å². The fourth-order valence-electron chi connectivity index (χ4n) is 2.70. The third-order valence-electron chi connectivity index (χ3n) is 5.61. The molecular weight excluding hydrogens is 723 g/mol. The van der Waals surface area contributed by atoms with Gasteiger partial charge in [-0.15, -0.1) is 0 Å². The molecule has 0 saturated carbocycles. The van der Waals surface area contributed by atoms with Crippen molar-refractivity contribution in [2.45, 2.75) is 91.1 Å². The molecule has 0 saturated heterocycles. The van der Waals surface area contributed by atoms with E-state index in [2.05, 4.69) is 0 Å². The molecule has 0 aromatic rings. The van der Waals surface area contributed by atoms with Crippen molar-refractivity contribution >= 4 is 5.97 Å². The average Bonchev–Trinajstić information content (AvgIpc) is 2.81. The first kappa shape index (κ1) is 42.5. The molecule has 268 valence electrons. The summed E-state index contributed by atoms with van der Waals surface area (Å²) in [6.45, 7) is 0.490. The van der Waals surface area contributed by atoms with Gasteiger partial charge in [0.2, 0.25) is 0 Å². The largest absolute Gasteiger partial charge is 0.478 e. The lowest BCUT2D eigenvalue weighted by atomic mass is 9.84. The maximum atomic E-state index is 13.8. The summed E-state index contributed by atoms with van der Waals surface area (Å²) in [6, 6.07) is 0. The molecule has 0 unspecified atom stereocenters. The number of hydrogen-bond acceptors (Lipinski definition) is 1. The lowest BCUT2D eigenvalue weighted by molar-refractivity contribution is -0.482. The monoisotopic (exact) mass is 732 g/mol. The van der Waals surface area contributed by atoms with Gasteiger partial charge in [-0.1, -0.05) is 6.08 Å². The van der Waals surface area contributed by atoms with Crippen molar-refractivity contribution in [3.8, 4) is 0 Å². The summed E-state index contributed by atoms with van der Waals surface area (Å²) in [4.78, 5) is 10.4. The van der Waals surface area contributed by atoms with E-state index in [-0.39, 0.29) is 6.08 Å². The highest BCUT2D eigenvalue weighted by atomic mass is 19.4. The number of aliphatic carboxylic acids is 1. The van der Waals surface area contributed by atoms with Gasteiger partial charge in [0.1, 0.15) is 0 Å². The van der Waals surface area contributed by atoms with Gasteiger partial charge >= 0.3 is 77.3 Å². The highest BCUT2D eigenvalue weighted by Gasteiger charge is 2.99. The summed E-state index contributed by atoms with van der Waals surface area (Å²) in [5, 5.41) is 8.40. The second-order valence-electron chi connectivity index (χ2n) is 8.68. The average molecular weight is 732 g/mol. The van der Waals surface area contributed by atoms with Gasteiger partial charge in [0.25, 0.3) is 0 Å². The van der Waals surface area contributed by atoms with Crippen LogP contribution >= 0.6 is 0 Å². The summed E-state index contributed by atoms with van der Waals surface area (Å²) in [5.74, 6) is -101. The van der Waals surface area contributed by atoms with Crippen molar-refractivity contribution in [3.05, 3.63) is 11.6 Å². The van der Waals surface area contributed by atoms with Crippen LogP contribution in [0.5, 0.6) is 0 Å². The number of alkyl halides is 25. The van der Waals surface area contributed by atoms with Gasteiger partial charge in [-0.3, -0.25) is 0 Å². The van der Waals surface area contributed by atoms with Gasteiger partial charge in [0.05, 0.1) is 0 Å². The molecule has 0 fully saturated rings. The molecular formula is C18H9F25O2. The van der Waals surface area contributed by atoms with Crippen LogP contribution in [-0.2, 0) is 4.79 Å². The number of carboxylic acid groups (broad SMARTS) is 1. The molecule has 0 atom stereocenters. The highest BCUT2D eigenvalue weighted by Crippen LogP contribution is 2.67. The smallest absolute Gasteiger partial charge is 0.460 e. The first-order valence-electron chi connectivity index (χ1n) is 10.2. The van der Waals surface area contributed by atoms with Crippen LogP contribution in [0.4, 0.5) is 110 Å². The van der Waals surface area contributed by atoms with E-state index in [0.29, 0.717) is 6.92 Å². The Labute approximate surface area is 229 Å². The molecule has 0 aliphatic rings. The minimum Gasteiger partial charge on any atom is -0.478 e. The standard InChI is InChI=1S/C18H9F25O2/c1-5(6(44)45)3-2-4-7(19,20)8(21,22)9(23,24)10(25,26)11(27,28)12(29,30)13(31,32)14(33,34)15(35,36)16(37,38)17(39,40)18(41,42)43/h3H,2,4H2,1H3,(H,44,45). The van der Waals surface area contributed by atoms with Crippen molar-refractivity contribution in [1.29, 1.82) is 0 Å². The van der Waals surface area contributed by atoms with E-state index in [1.54, 1.807) is 0 Å². The molecule has 0 heterocycles. The zero-order valence-electron chi connectivity index (χ0n) is 20.3. The zero-order chi connectivity index (χ0) is 37.3. The molecule has 0 aliphatic heterocycles. The molecule has 0 aromatic carbocycles. The van der Waals surface area contributed by atoms with Crippen molar-refractivity contribution < 1.29 is 120 Å². The summed E-state index contributed by atoms with van der Waals surface area (Å²) in [7, 11) is 0. The number of carbonyl (C=O) groups is 1. The molecule has 0 aromatic heterocycles. The van der Waals surface area contributed by atoms with E-state index in [1.807, 2.05) is 0 Å². The fraction of sp³-hybridized carbons (Fsp3) is 0.833. The number of allylic oxidation sites excluding steroid dienone is 1. The Morgan fingerprint density at radius 2 is 0.667 bits per heavy atom. The van der Waals surface area contributed by atoms with E-state index in [4.69, 9.17) is 5.11 Å². The predicted octanol–water partition coefficient (Wildman–Crippen LogP) is 9.35. The van der Waals surface area contributed by atoms with Crippen LogP contribution in [0.15, 0.2) is 11.6 Å². The van der Waals surface area contributed by atoms with Crippen molar-refractivity contribution in [3.63, 3.8) is 0 Å². The molecule has 0 rings (SSSR count). The van der Waals surface area contributed by atoms with Gasteiger partial charge in [-0.05, 0) is 13.3 Å². The summed E-state index contributed by atoms with van der Waals surface area (Å²) >= 11 is 0. The Kier molecular flexibility index (Phi) is 10.4. The van der Waals surface area contributed by atoms with Crippen LogP contribution in [0, 0.1) is 0 Å². The summed E-state index contributed by atoms with van der Waals surface area (Å²) in [6.07, 6.45) is -13.1. The van der Waals surface area contributed by atoms with E-state index in [1.165, 1.54) is 0 Å².